The van der Waals surface area contributed by atoms with Gasteiger partial charge in [0.2, 0.25) is 0 Å². The lowest BCUT2D eigenvalue weighted by molar-refractivity contribution is -0.140. The molecule has 0 fully saturated rings. The highest BCUT2D eigenvalue weighted by Crippen LogP contribution is 2.35. The summed E-state index contributed by atoms with van der Waals surface area (Å²) >= 11 is 23.2. The Morgan fingerprint density at radius 3 is 1.53 bits per heavy atom. The summed E-state index contributed by atoms with van der Waals surface area (Å²) in [5, 5.41) is -2.01. The van der Waals surface area contributed by atoms with Crippen LogP contribution in [-0.2, 0) is 19.1 Å². The summed E-state index contributed by atoms with van der Waals surface area (Å²) in [5.74, 6) is -1.30. The zero-order valence-electron chi connectivity index (χ0n) is 9.21. The van der Waals surface area contributed by atoms with Crippen molar-refractivity contribution in [2.24, 2.45) is 0 Å². The Bertz CT molecular complexity index is 256. The molecule has 0 spiro atoms. The van der Waals surface area contributed by atoms with E-state index >= 15 is 0 Å². The number of ether oxygens (including phenoxy) is 2. The van der Waals surface area contributed by atoms with Gasteiger partial charge in [0.05, 0.1) is 14.2 Å². The third-order valence-corrected chi connectivity index (χ3v) is 3.15. The molecule has 17 heavy (non-hydrogen) atoms. The van der Waals surface area contributed by atoms with E-state index in [0.717, 1.165) is 0 Å². The third-order valence-electron chi connectivity index (χ3n) is 1.87. The van der Waals surface area contributed by atoms with Crippen LogP contribution in [0.4, 0.5) is 0 Å². The van der Waals surface area contributed by atoms with E-state index in [1.54, 1.807) is 0 Å². The van der Waals surface area contributed by atoms with Crippen molar-refractivity contribution in [2.75, 3.05) is 14.2 Å². The van der Waals surface area contributed by atoms with Crippen molar-refractivity contribution in [2.45, 2.75) is 27.9 Å². The van der Waals surface area contributed by atoms with E-state index in [9.17, 15) is 9.59 Å². The van der Waals surface area contributed by atoms with Gasteiger partial charge in [-0.25, -0.2) is 0 Å². The minimum atomic E-state index is -1.42. The second kappa shape index (κ2) is 7.52. The van der Waals surface area contributed by atoms with Gasteiger partial charge in [-0.15, -0.1) is 46.4 Å². The lowest BCUT2D eigenvalue weighted by atomic mass is 10.1. The van der Waals surface area contributed by atoms with Crippen molar-refractivity contribution >= 4 is 58.3 Å². The van der Waals surface area contributed by atoms with Crippen molar-refractivity contribution in [3.63, 3.8) is 0 Å². The highest BCUT2D eigenvalue weighted by Gasteiger charge is 2.35. The zero-order chi connectivity index (χ0) is 13.6. The van der Waals surface area contributed by atoms with Crippen molar-refractivity contribution in [3.8, 4) is 0 Å². The first kappa shape index (κ1) is 17.1. The van der Waals surface area contributed by atoms with Gasteiger partial charge in [-0.3, -0.25) is 9.59 Å². The Labute approximate surface area is 119 Å². The van der Waals surface area contributed by atoms with Crippen molar-refractivity contribution in [3.05, 3.63) is 0 Å². The molecular weight excluding hydrogens is 314 g/mol. The van der Waals surface area contributed by atoms with Crippen LogP contribution in [0, 0.1) is 0 Å². The Balaban J connectivity index is 4.38. The molecule has 2 unspecified atom stereocenters. The first-order chi connectivity index (χ1) is 7.73. The molecule has 0 saturated carbocycles. The van der Waals surface area contributed by atoms with Gasteiger partial charge in [0.1, 0.15) is 15.1 Å². The topological polar surface area (TPSA) is 52.6 Å². The summed E-state index contributed by atoms with van der Waals surface area (Å²) in [7, 11) is 2.39. The second-order valence-corrected chi connectivity index (χ2v) is 5.94. The van der Waals surface area contributed by atoms with Crippen LogP contribution in [0.2, 0.25) is 0 Å². The molecule has 2 atom stereocenters. The van der Waals surface area contributed by atoms with Gasteiger partial charge in [0, 0.05) is 12.8 Å². The van der Waals surface area contributed by atoms with Crippen molar-refractivity contribution in [1.82, 2.24) is 0 Å². The number of carbonyl (C=O) groups is 2. The van der Waals surface area contributed by atoms with Crippen molar-refractivity contribution in [1.29, 1.82) is 0 Å². The van der Waals surface area contributed by atoms with E-state index in [2.05, 4.69) is 9.47 Å². The monoisotopic (exact) mass is 324 g/mol. The molecule has 0 aliphatic heterocycles. The molecule has 8 heteroatoms. The average molecular weight is 326 g/mol. The normalized spacial score (nSPS) is 14.9. The van der Waals surface area contributed by atoms with Gasteiger partial charge in [-0.05, 0) is 0 Å². The largest absolute Gasteiger partial charge is 0.468 e. The van der Waals surface area contributed by atoms with Gasteiger partial charge >= 0.3 is 11.9 Å². The Morgan fingerprint density at radius 1 is 1.00 bits per heavy atom. The van der Waals surface area contributed by atoms with Gasteiger partial charge < -0.3 is 9.47 Å². The van der Waals surface area contributed by atoms with E-state index in [4.69, 9.17) is 46.4 Å². The molecule has 0 aromatic heterocycles. The predicted octanol–water partition coefficient (Wildman–Crippen LogP) is 2.50. The fourth-order valence-electron chi connectivity index (χ4n) is 1.03. The molecule has 0 heterocycles. The average Bonchev–Trinajstić information content (AvgIpc) is 2.25. The van der Waals surface area contributed by atoms with Gasteiger partial charge in [-0.1, -0.05) is 0 Å². The van der Waals surface area contributed by atoms with Crippen LogP contribution < -0.4 is 0 Å². The molecule has 0 radical (unpaired) electrons. The molecule has 4 nitrogen and oxygen atoms in total. The Hall–Kier alpha value is 0.1000. The number of carbonyl (C=O) groups excluding carboxylic acids is 2. The molecule has 0 saturated heterocycles. The molecule has 100 valence electrons. The van der Waals surface area contributed by atoms with E-state index < -0.39 is 27.0 Å². The van der Waals surface area contributed by atoms with Crippen LogP contribution in [0.1, 0.15) is 12.8 Å². The molecule has 0 amide bonds. The third kappa shape index (κ3) is 6.55. The lowest BCUT2D eigenvalue weighted by Gasteiger charge is -2.22. The number of halogens is 4. The van der Waals surface area contributed by atoms with Crippen LogP contribution in [0.5, 0.6) is 0 Å². The molecular formula is C9H12Cl4O4. The SMILES string of the molecule is COC(=O)C(Cl)CC(Cl)(Cl)CC(Cl)C(=O)OC. The number of alkyl halides is 4. The lowest BCUT2D eigenvalue weighted by Crippen LogP contribution is -2.30. The first-order valence-corrected chi connectivity index (χ1v) is 6.18. The Kier molecular flexibility index (Phi) is 7.56. The van der Waals surface area contributed by atoms with E-state index in [1.807, 2.05) is 0 Å². The summed E-state index contributed by atoms with van der Waals surface area (Å²) in [6.07, 6.45) is -0.185. The Morgan fingerprint density at radius 2 is 1.29 bits per heavy atom. The molecule has 0 aromatic carbocycles. The quantitative estimate of drug-likeness (QED) is 0.556. The standard InChI is InChI=1S/C9H12Cl4O4/c1-16-7(14)5(10)3-9(12,13)4-6(11)8(15)17-2/h5-6H,3-4H2,1-2H3. The summed E-state index contributed by atoms with van der Waals surface area (Å²) in [5.41, 5.74) is 0. The molecule has 0 aromatic rings. The van der Waals surface area contributed by atoms with E-state index in [1.165, 1.54) is 14.2 Å². The summed E-state index contributed by atoms with van der Waals surface area (Å²) in [6, 6.07) is 0. The molecule has 0 bridgehead atoms. The minimum absolute atomic E-state index is 0.0927. The van der Waals surface area contributed by atoms with Gasteiger partial charge in [-0.2, -0.15) is 0 Å². The van der Waals surface area contributed by atoms with Crippen molar-refractivity contribution < 1.29 is 19.1 Å². The number of hydrogen-bond acceptors (Lipinski definition) is 4. The molecule has 0 N–H and O–H groups in total. The summed E-state index contributed by atoms with van der Waals surface area (Å²) < 4.78 is 7.42. The highest BCUT2D eigenvalue weighted by atomic mass is 35.5. The summed E-state index contributed by atoms with van der Waals surface area (Å²) in [6.45, 7) is 0. The minimum Gasteiger partial charge on any atom is -0.468 e. The van der Waals surface area contributed by atoms with Crippen LogP contribution in [0.15, 0.2) is 0 Å². The first-order valence-electron chi connectivity index (χ1n) is 4.55. The fraction of sp³-hybridized carbons (Fsp3) is 0.778. The molecule has 0 aliphatic carbocycles. The van der Waals surface area contributed by atoms with E-state index in [-0.39, 0.29) is 12.8 Å². The van der Waals surface area contributed by atoms with Gasteiger partial charge in [0.25, 0.3) is 0 Å². The molecule has 0 rings (SSSR count). The maximum atomic E-state index is 11.1. The van der Waals surface area contributed by atoms with E-state index in [0.29, 0.717) is 0 Å². The fourth-order valence-corrected chi connectivity index (χ4v) is 2.67. The maximum Gasteiger partial charge on any atom is 0.323 e. The number of hydrogen-bond donors (Lipinski definition) is 0. The number of methoxy groups -OCH3 is 2. The second-order valence-electron chi connectivity index (χ2n) is 3.25. The smallest absolute Gasteiger partial charge is 0.323 e. The number of esters is 2. The zero-order valence-corrected chi connectivity index (χ0v) is 12.2. The van der Waals surface area contributed by atoms with Gasteiger partial charge in [0.15, 0.2) is 0 Å². The van der Waals surface area contributed by atoms with Crippen LogP contribution in [0.25, 0.3) is 0 Å². The maximum absolute atomic E-state index is 11.1. The van der Waals surface area contributed by atoms with Crippen LogP contribution in [0.3, 0.4) is 0 Å². The predicted molar refractivity (Wildman–Crippen MR) is 67.0 cm³/mol. The van der Waals surface area contributed by atoms with Crippen LogP contribution in [-0.4, -0.2) is 41.2 Å². The highest BCUT2D eigenvalue weighted by molar-refractivity contribution is 6.49. The molecule has 0 aliphatic rings. The number of rotatable bonds is 6. The summed E-state index contributed by atoms with van der Waals surface area (Å²) in [4.78, 5) is 22.1. The van der Waals surface area contributed by atoms with Crippen LogP contribution >= 0.6 is 46.4 Å².